The average molecular weight is 267 g/mol. The van der Waals surface area contributed by atoms with Crippen LogP contribution in [0.2, 0.25) is 0 Å². The van der Waals surface area contributed by atoms with Gasteiger partial charge in [0.25, 0.3) is 0 Å². The van der Waals surface area contributed by atoms with Crippen LogP contribution in [0.3, 0.4) is 0 Å². The van der Waals surface area contributed by atoms with Gasteiger partial charge in [0.15, 0.2) is 0 Å². The summed E-state index contributed by atoms with van der Waals surface area (Å²) in [7, 11) is 0. The van der Waals surface area contributed by atoms with Crippen molar-refractivity contribution in [2.45, 2.75) is 12.8 Å². The molecule has 0 radical (unpaired) electrons. The fourth-order valence-corrected chi connectivity index (χ4v) is 1.49. The largest absolute Gasteiger partial charge is 0.486 e. The Morgan fingerprint density at radius 2 is 2.05 bits per heavy atom. The van der Waals surface area contributed by atoms with Crippen molar-refractivity contribution in [3.8, 4) is 11.8 Å². The molecule has 6 heteroatoms. The van der Waals surface area contributed by atoms with Crippen molar-refractivity contribution < 1.29 is 22.3 Å². The lowest BCUT2D eigenvalue weighted by atomic mass is 10.1. The van der Waals surface area contributed by atoms with Gasteiger partial charge in [-0.25, -0.2) is 0 Å². The highest BCUT2D eigenvalue weighted by Crippen LogP contribution is 2.34. The van der Waals surface area contributed by atoms with E-state index in [4.69, 9.17) is 14.4 Å². The van der Waals surface area contributed by atoms with E-state index in [-0.39, 0.29) is 12.4 Å². The maximum atomic E-state index is 12.7. The first-order valence-electron chi connectivity index (χ1n) is 5.27. The molecule has 0 spiro atoms. The lowest BCUT2D eigenvalue weighted by Crippen LogP contribution is -2.08. The molecule has 0 unspecified atom stereocenters. The minimum atomic E-state index is -4.59. The van der Waals surface area contributed by atoms with Crippen molar-refractivity contribution >= 4 is 0 Å². The summed E-state index contributed by atoms with van der Waals surface area (Å²) < 4.78 is 48.3. The molecule has 3 nitrogen and oxygen atoms in total. The zero-order valence-corrected chi connectivity index (χ0v) is 9.57. The SMILES string of the molecule is N#Cc1ccc(OCc2ccco2)cc1C(F)(F)F. The molecule has 0 N–H and O–H groups in total. The van der Waals surface area contributed by atoms with E-state index in [1.54, 1.807) is 12.1 Å². The maximum Gasteiger partial charge on any atom is 0.417 e. The number of benzene rings is 1. The molecule has 0 saturated heterocycles. The molecule has 0 aliphatic carbocycles. The van der Waals surface area contributed by atoms with Gasteiger partial charge in [-0.2, -0.15) is 18.4 Å². The number of nitriles is 1. The van der Waals surface area contributed by atoms with Crippen LogP contribution in [0, 0.1) is 11.3 Å². The van der Waals surface area contributed by atoms with E-state index in [1.807, 2.05) is 0 Å². The standard InChI is InChI=1S/C13H8F3NO2/c14-13(15,16)12-6-10(4-3-9(12)7-17)19-8-11-2-1-5-18-11/h1-6H,8H2. The minimum absolute atomic E-state index is 0.0240. The molecule has 1 heterocycles. The zero-order chi connectivity index (χ0) is 13.9. The highest BCUT2D eigenvalue weighted by atomic mass is 19.4. The van der Waals surface area contributed by atoms with Gasteiger partial charge in [0.1, 0.15) is 18.1 Å². The summed E-state index contributed by atoms with van der Waals surface area (Å²) in [5.41, 5.74) is -1.44. The van der Waals surface area contributed by atoms with E-state index in [0.29, 0.717) is 5.76 Å². The second-order valence-corrected chi connectivity index (χ2v) is 3.68. The molecule has 19 heavy (non-hydrogen) atoms. The number of hydrogen-bond donors (Lipinski definition) is 0. The predicted octanol–water partition coefficient (Wildman–Crippen LogP) is 3.75. The van der Waals surface area contributed by atoms with Crippen molar-refractivity contribution in [1.29, 1.82) is 5.26 Å². The van der Waals surface area contributed by atoms with Gasteiger partial charge in [-0.05, 0) is 30.3 Å². The zero-order valence-electron chi connectivity index (χ0n) is 9.57. The first-order valence-corrected chi connectivity index (χ1v) is 5.27. The van der Waals surface area contributed by atoms with Crippen molar-refractivity contribution in [2.75, 3.05) is 0 Å². The van der Waals surface area contributed by atoms with Gasteiger partial charge in [0.05, 0.1) is 23.5 Å². The molecule has 2 aromatic rings. The van der Waals surface area contributed by atoms with Crippen molar-refractivity contribution in [1.82, 2.24) is 0 Å². The number of halogens is 3. The van der Waals surface area contributed by atoms with Gasteiger partial charge in [-0.15, -0.1) is 0 Å². The quantitative estimate of drug-likeness (QED) is 0.850. The highest BCUT2D eigenvalue weighted by molar-refractivity contribution is 5.44. The molecule has 0 saturated carbocycles. The average Bonchev–Trinajstić information content (AvgIpc) is 2.88. The molecule has 0 bridgehead atoms. The van der Waals surface area contributed by atoms with Crippen LogP contribution in [0.15, 0.2) is 41.0 Å². The third kappa shape index (κ3) is 3.07. The van der Waals surface area contributed by atoms with Crippen LogP contribution < -0.4 is 4.74 Å². The summed E-state index contributed by atoms with van der Waals surface area (Å²) >= 11 is 0. The Bertz CT molecular complexity index is 597. The number of furan rings is 1. The van der Waals surface area contributed by atoms with Crippen molar-refractivity contribution in [3.63, 3.8) is 0 Å². The maximum absolute atomic E-state index is 12.7. The Hall–Kier alpha value is -2.42. The summed E-state index contributed by atoms with van der Waals surface area (Å²) in [6.07, 6.45) is -3.15. The third-order valence-corrected chi connectivity index (χ3v) is 2.38. The number of ether oxygens (including phenoxy) is 1. The summed E-state index contributed by atoms with van der Waals surface area (Å²) in [6.45, 7) is 0.0240. The lowest BCUT2D eigenvalue weighted by molar-refractivity contribution is -0.137. The Morgan fingerprint density at radius 1 is 1.26 bits per heavy atom. The number of hydrogen-bond acceptors (Lipinski definition) is 3. The Balaban J connectivity index is 2.21. The second-order valence-electron chi connectivity index (χ2n) is 3.68. The summed E-state index contributed by atoms with van der Waals surface area (Å²) in [5.74, 6) is 0.528. The molecular formula is C13H8F3NO2. The Labute approximate surface area is 106 Å². The summed E-state index contributed by atoms with van der Waals surface area (Å²) in [6, 6.07) is 8.01. The van der Waals surface area contributed by atoms with E-state index in [0.717, 1.165) is 12.1 Å². The van der Waals surface area contributed by atoms with E-state index in [9.17, 15) is 13.2 Å². The molecule has 0 aliphatic rings. The number of nitrogens with zero attached hydrogens (tertiary/aromatic N) is 1. The smallest absolute Gasteiger partial charge is 0.417 e. The molecule has 0 aliphatic heterocycles. The third-order valence-electron chi connectivity index (χ3n) is 2.38. The van der Waals surface area contributed by atoms with Crippen LogP contribution in [0.1, 0.15) is 16.9 Å². The molecule has 1 aromatic heterocycles. The van der Waals surface area contributed by atoms with E-state index in [1.165, 1.54) is 18.4 Å². The van der Waals surface area contributed by atoms with Crippen LogP contribution in [0.4, 0.5) is 13.2 Å². The molecule has 98 valence electrons. The predicted molar refractivity (Wildman–Crippen MR) is 59.2 cm³/mol. The summed E-state index contributed by atoms with van der Waals surface area (Å²) in [4.78, 5) is 0. The van der Waals surface area contributed by atoms with E-state index in [2.05, 4.69) is 0 Å². The van der Waals surface area contributed by atoms with Gasteiger partial charge in [-0.3, -0.25) is 0 Å². The van der Waals surface area contributed by atoms with Crippen LogP contribution in [0.5, 0.6) is 5.75 Å². The van der Waals surface area contributed by atoms with Crippen LogP contribution in [-0.4, -0.2) is 0 Å². The topological polar surface area (TPSA) is 46.2 Å². The van der Waals surface area contributed by atoms with Gasteiger partial charge < -0.3 is 9.15 Å². The van der Waals surface area contributed by atoms with Crippen LogP contribution >= 0.6 is 0 Å². The number of alkyl halides is 3. The fourth-order valence-electron chi connectivity index (χ4n) is 1.49. The molecular weight excluding hydrogens is 259 g/mol. The molecule has 2 rings (SSSR count). The van der Waals surface area contributed by atoms with Crippen LogP contribution in [-0.2, 0) is 12.8 Å². The van der Waals surface area contributed by atoms with Crippen molar-refractivity contribution in [3.05, 3.63) is 53.5 Å². The molecule has 1 aromatic carbocycles. The van der Waals surface area contributed by atoms with E-state index >= 15 is 0 Å². The van der Waals surface area contributed by atoms with Gasteiger partial charge in [0.2, 0.25) is 0 Å². The molecule has 0 amide bonds. The normalized spacial score (nSPS) is 11.1. The Morgan fingerprint density at radius 3 is 2.63 bits per heavy atom. The lowest BCUT2D eigenvalue weighted by Gasteiger charge is -2.11. The van der Waals surface area contributed by atoms with Crippen LogP contribution in [0.25, 0.3) is 0 Å². The van der Waals surface area contributed by atoms with Gasteiger partial charge in [-0.1, -0.05) is 0 Å². The molecule has 0 fully saturated rings. The first kappa shape index (κ1) is 13.0. The Kier molecular flexibility index (Phi) is 3.47. The van der Waals surface area contributed by atoms with Gasteiger partial charge >= 0.3 is 6.18 Å². The highest BCUT2D eigenvalue weighted by Gasteiger charge is 2.34. The summed E-state index contributed by atoms with van der Waals surface area (Å²) in [5, 5.41) is 8.65. The molecule has 0 atom stereocenters. The number of rotatable bonds is 3. The van der Waals surface area contributed by atoms with Crippen molar-refractivity contribution in [2.24, 2.45) is 0 Å². The fraction of sp³-hybridized carbons (Fsp3) is 0.154. The first-order chi connectivity index (χ1) is 9.00. The minimum Gasteiger partial charge on any atom is -0.486 e. The van der Waals surface area contributed by atoms with Gasteiger partial charge in [0, 0.05) is 0 Å². The second kappa shape index (κ2) is 5.06. The monoisotopic (exact) mass is 267 g/mol. The van der Waals surface area contributed by atoms with E-state index < -0.39 is 17.3 Å².